The van der Waals surface area contributed by atoms with Crippen LogP contribution in [0.4, 0.5) is 0 Å². The van der Waals surface area contributed by atoms with Gasteiger partial charge in [-0.05, 0) is 31.4 Å². The highest BCUT2D eigenvalue weighted by atomic mass is 32.1. The Balaban J connectivity index is 2.44. The molecule has 2 rings (SSSR count). The monoisotopic (exact) mass is 293 g/mol. The highest BCUT2D eigenvalue weighted by Crippen LogP contribution is 2.29. The number of fused-ring (bicyclic) bond motifs is 1. The van der Waals surface area contributed by atoms with Crippen molar-refractivity contribution in [1.29, 1.82) is 0 Å². The molecule has 1 heterocycles. The Morgan fingerprint density at radius 1 is 1.15 bits per heavy atom. The van der Waals surface area contributed by atoms with Crippen molar-refractivity contribution < 1.29 is 19.1 Å². The van der Waals surface area contributed by atoms with Crippen molar-refractivity contribution in [3.8, 4) is 0 Å². The molecule has 0 saturated heterocycles. The summed E-state index contributed by atoms with van der Waals surface area (Å²) in [6.07, 6.45) is 0. The molecule has 0 aliphatic heterocycles. The number of hydrogen-bond acceptors (Lipinski definition) is 6. The van der Waals surface area contributed by atoms with Crippen molar-refractivity contribution in [2.24, 2.45) is 0 Å². The molecule has 0 spiro atoms. The number of carbonyl (C=O) groups excluding carboxylic acids is 2. The van der Waals surface area contributed by atoms with Crippen LogP contribution in [-0.2, 0) is 19.1 Å². The predicted molar refractivity (Wildman–Crippen MR) is 75.6 cm³/mol. The summed E-state index contributed by atoms with van der Waals surface area (Å²) in [5.41, 5.74) is 0.405. The van der Waals surface area contributed by atoms with Gasteiger partial charge in [-0.15, -0.1) is 0 Å². The van der Waals surface area contributed by atoms with Gasteiger partial charge in [-0.3, -0.25) is 9.59 Å². The molecule has 0 radical (unpaired) electrons. The van der Waals surface area contributed by atoms with Gasteiger partial charge in [0.25, 0.3) is 0 Å². The van der Waals surface area contributed by atoms with Crippen LogP contribution >= 0.6 is 11.5 Å². The number of hydrogen-bond donors (Lipinski definition) is 0. The standard InChI is InChI=1S/C14H15NO4S/c1-3-18-13(16)11(14(17)19-4-2)12-9-7-5-6-8-10(9)20-15-12/h5-8,11H,3-4H2,1-2H3. The van der Waals surface area contributed by atoms with Gasteiger partial charge in [-0.1, -0.05) is 18.2 Å². The van der Waals surface area contributed by atoms with Gasteiger partial charge < -0.3 is 9.47 Å². The zero-order chi connectivity index (χ0) is 14.5. The molecule has 0 atom stereocenters. The maximum atomic E-state index is 12.0. The second-order valence-corrected chi connectivity index (χ2v) is 4.81. The van der Waals surface area contributed by atoms with Crippen molar-refractivity contribution in [3.63, 3.8) is 0 Å². The molecule has 1 aromatic carbocycles. The smallest absolute Gasteiger partial charge is 0.326 e. The molecule has 0 fully saturated rings. The minimum Gasteiger partial charge on any atom is -0.465 e. The number of rotatable bonds is 5. The summed E-state index contributed by atoms with van der Waals surface area (Å²) in [7, 11) is 0. The molecule has 0 amide bonds. The number of benzene rings is 1. The molecule has 0 aliphatic carbocycles. The van der Waals surface area contributed by atoms with Gasteiger partial charge in [0.2, 0.25) is 0 Å². The minimum atomic E-state index is -1.12. The van der Waals surface area contributed by atoms with E-state index in [4.69, 9.17) is 9.47 Å². The van der Waals surface area contributed by atoms with Crippen LogP contribution in [0.2, 0.25) is 0 Å². The molecular formula is C14H15NO4S. The zero-order valence-corrected chi connectivity index (χ0v) is 12.1. The number of esters is 2. The Bertz CT molecular complexity index is 604. The van der Waals surface area contributed by atoms with Crippen molar-refractivity contribution in [2.45, 2.75) is 19.8 Å². The number of ether oxygens (including phenoxy) is 2. The van der Waals surface area contributed by atoms with E-state index >= 15 is 0 Å². The maximum absolute atomic E-state index is 12.0. The Kier molecular flexibility index (Phi) is 4.68. The van der Waals surface area contributed by atoms with Gasteiger partial charge in [0.15, 0.2) is 5.92 Å². The Hall–Kier alpha value is -1.95. The van der Waals surface area contributed by atoms with E-state index < -0.39 is 17.9 Å². The van der Waals surface area contributed by atoms with Gasteiger partial charge >= 0.3 is 11.9 Å². The lowest BCUT2D eigenvalue weighted by atomic mass is 10.0. The molecule has 106 valence electrons. The highest BCUT2D eigenvalue weighted by Gasteiger charge is 2.34. The molecule has 1 aromatic heterocycles. The van der Waals surface area contributed by atoms with E-state index in [1.165, 1.54) is 11.5 Å². The molecule has 0 aliphatic rings. The fraction of sp³-hybridized carbons (Fsp3) is 0.357. The minimum absolute atomic E-state index is 0.205. The third kappa shape index (κ3) is 2.80. The predicted octanol–water partition coefficient (Wildman–Crippen LogP) is 2.51. The van der Waals surface area contributed by atoms with Gasteiger partial charge in [0.05, 0.1) is 23.6 Å². The summed E-state index contributed by atoms with van der Waals surface area (Å²) >= 11 is 1.25. The van der Waals surface area contributed by atoms with Gasteiger partial charge in [-0.25, -0.2) is 0 Å². The Morgan fingerprint density at radius 3 is 2.35 bits per heavy atom. The first-order valence-corrected chi connectivity index (χ1v) is 7.14. The number of nitrogens with zero attached hydrogens (tertiary/aromatic N) is 1. The molecule has 0 N–H and O–H groups in total. The third-order valence-corrected chi connectivity index (χ3v) is 3.56. The highest BCUT2D eigenvalue weighted by molar-refractivity contribution is 7.13. The van der Waals surface area contributed by atoms with Crippen LogP contribution in [0.3, 0.4) is 0 Å². The average Bonchev–Trinajstić information content (AvgIpc) is 2.84. The summed E-state index contributed by atoms with van der Waals surface area (Å²) in [4.78, 5) is 24.1. The molecule has 0 saturated carbocycles. The van der Waals surface area contributed by atoms with Crippen molar-refractivity contribution in [3.05, 3.63) is 30.0 Å². The van der Waals surface area contributed by atoms with Crippen LogP contribution in [0.5, 0.6) is 0 Å². The van der Waals surface area contributed by atoms with E-state index in [2.05, 4.69) is 4.37 Å². The Labute approximate surface area is 120 Å². The molecule has 2 aromatic rings. The molecule has 0 unspecified atom stereocenters. The molecule has 0 bridgehead atoms. The fourth-order valence-corrected chi connectivity index (χ4v) is 2.70. The summed E-state index contributed by atoms with van der Waals surface area (Å²) in [6, 6.07) is 7.45. The lowest BCUT2D eigenvalue weighted by molar-refractivity contribution is -0.157. The van der Waals surface area contributed by atoms with Crippen LogP contribution in [0.25, 0.3) is 10.1 Å². The zero-order valence-electron chi connectivity index (χ0n) is 11.3. The summed E-state index contributed by atoms with van der Waals surface area (Å²) < 4.78 is 15.1. The van der Waals surface area contributed by atoms with E-state index in [9.17, 15) is 9.59 Å². The van der Waals surface area contributed by atoms with Gasteiger partial charge in [-0.2, -0.15) is 4.37 Å². The number of aromatic nitrogens is 1. The topological polar surface area (TPSA) is 65.5 Å². The average molecular weight is 293 g/mol. The molecule has 20 heavy (non-hydrogen) atoms. The van der Waals surface area contributed by atoms with Crippen LogP contribution in [0, 0.1) is 0 Å². The maximum Gasteiger partial charge on any atom is 0.326 e. The normalized spacial score (nSPS) is 10.8. The van der Waals surface area contributed by atoms with Crippen LogP contribution in [0.1, 0.15) is 25.5 Å². The molecule has 6 heteroatoms. The van der Waals surface area contributed by atoms with Crippen molar-refractivity contribution in [1.82, 2.24) is 4.37 Å². The van der Waals surface area contributed by atoms with Crippen LogP contribution < -0.4 is 0 Å². The van der Waals surface area contributed by atoms with E-state index in [0.29, 0.717) is 5.69 Å². The largest absolute Gasteiger partial charge is 0.465 e. The van der Waals surface area contributed by atoms with Gasteiger partial charge in [0, 0.05) is 5.39 Å². The van der Waals surface area contributed by atoms with E-state index in [-0.39, 0.29) is 13.2 Å². The first kappa shape index (κ1) is 14.5. The summed E-state index contributed by atoms with van der Waals surface area (Å²) in [5.74, 6) is -2.37. The second kappa shape index (κ2) is 6.47. The van der Waals surface area contributed by atoms with Crippen molar-refractivity contribution >= 4 is 33.6 Å². The van der Waals surface area contributed by atoms with Gasteiger partial charge in [0.1, 0.15) is 0 Å². The first-order chi connectivity index (χ1) is 9.69. The van der Waals surface area contributed by atoms with E-state index in [0.717, 1.165) is 10.1 Å². The quantitative estimate of drug-likeness (QED) is 0.626. The summed E-state index contributed by atoms with van der Waals surface area (Å²) in [5, 5.41) is 0.781. The lowest BCUT2D eigenvalue weighted by Gasteiger charge is -2.12. The fourth-order valence-electron chi connectivity index (χ4n) is 1.88. The number of carbonyl (C=O) groups is 2. The van der Waals surface area contributed by atoms with Crippen LogP contribution in [0.15, 0.2) is 24.3 Å². The van der Waals surface area contributed by atoms with E-state index in [1.54, 1.807) is 13.8 Å². The first-order valence-electron chi connectivity index (χ1n) is 6.36. The second-order valence-electron chi connectivity index (χ2n) is 4.00. The lowest BCUT2D eigenvalue weighted by Crippen LogP contribution is -2.26. The SMILES string of the molecule is CCOC(=O)C(C(=O)OCC)c1nsc2ccccc12. The summed E-state index contributed by atoms with van der Waals surface area (Å²) in [6.45, 7) is 3.80. The van der Waals surface area contributed by atoms with Crippen LogP contribution in [-0.4, -0.2) is 29.5 Å². The van der Waals surface area contributed by atoms with E-state index in [1.807, 2.05) is 24.3 Å². The molecular weight excluding hydrogens is 278 g/mol. The molecule has 5 nitrogen and oxygen atoms in total. The Morgan fingerprint density at radius 2 is 1.75 bits per heavy atom. The third-order valence-electron chi connectivity index (χ3n) is 2.72. The van der Waals surface area contributed by atoms with Crippen molar-refractivity contribution in [2.75, 3.05) is 13.2 Å².